The fraction of sp³-hybridized carbons (Fsp3) is 0.462. The number of benzene rings is 1. The maximum Gasteiger partial charge on any atom is 0.156 e. The lowest BCUT2D eigenvalue weighted by Crippen LogP contribution is -2.40. The first kappa shape index (κ1) is 14.5. The topological polar surface area (TPSA) is 79.9 Å². The van der Waals surface area contributed by atoms with Crippen LogP contribution < -0.4 is 11.1 Å². The first-order valence-electron chi connectivity index (χ1n) is 5.98. The molecule has 1 rings (SSSR count). The Morgan fingerprint density at radius 2 is 2.22 bits per heavy atom. The van der Waals surface area contributed by atoms with Crippen LogP contribution in [0.15, 0.2) is 29.4 Å². The van der Waals surface area contributed by atoms with Gasteiger partial charge in [-0.3, -0.25) is 0 Å². The highest BCUT2D eigenvalue weighted by atomic mass is 16.5. The maximum absolute atomic E-state index is 8.65. The van der Waals surface area contributed by atoms with E-state index in [1.807, 2.05) is 25.1 Å². The summed E-state index contributed by atoms with van der Waals surface area (Å²) in [6, 6.07) is 8.02. The molecule has 1 aromatic carbocycles. The van der Waals surface area contributed by atoms with Crippen LogP contribution in [0.2, 0.25) is 0 Å². The average Bonchev–Trinajstić information content (AvgIpc) is 2.40. The molecule has 0 aliphatic rings. The van der Waals surface area contributed by atoms with Crippen LogP contribution in [-0.2, 0) is 17.9 Å². The van der Waals surface area contributed by atoms with Gasteiger partial charge in [-0.25, -0.2) is 0 Å². The third kappa shape index (κ3) is 4.35. The van der Waals surface area contributed by atoms with E-state index >= 15 is 0 Å². The predicted octanol–water partition coefficient (Wildman–Crippen LogP) is 1.45. The number of rotatable bonds is 7. The number of nitrogens with one attached hydrogen (secondary N) is 1. The standard InChI is InChI=1S/C13H21N3O2/c1-3-12(13(14)16-17)15-8-10-5-4-6-11(7-10)9-18-2/h4-7,12,15,17H,3,8-9H2,1-2H3,(H2,14,16). The van der Waals surface area contributed by atoms with Gasteiger partial charge in [0.05, 0.1) is 12.6 Å². The van der Waals surface area contributed by atoms with Gasteiger partial charge in [0, 0.05) is 13.7 Å². The lowest BCUT2D eigenvalue weighted by molar-refractivity contribution is 0.185. The lowest BCUT2D eigenvalue weighted by Gasteiger charge is -2.15. The lowest BCUT2D eigenvalue weighted by atomic mass is 10.1. The Balaban J connectivity index is 2.59. The summed E-state index contributed by atoms with van der Waals surface area (Å²) < 4.78 is 5.09. The zero-order valence-corrected chi connectivity index (χ0v) is 10.9. The van der Waals surface area contributed by atoms with E-state index < -0.39 is 0 Å². The number of nitrogens with zero attached hydrogens (tertiary/aromatic N) is 1. The molecule has 0 aliphatic carbocycles. The van der Waals surface area contributed by atoms with Gasteiger partial charge in [-0.2, -0.15) is 0 Å². The molecule has 0 spiro atoms. The molecular formula is C13H21N3O2. The van der Waals surface area contributed by atoms with E-state index in [4.69, 9.17) is 15.7 Å². The summed E-state index contributed by atoms with van der Waals surface area (Å²) in [5, 5.41) is 14.9. The van der Waals surface area contributed by atoms with Crippen molar-refractivity contribution in [3.8, 4) is 0 Å². The third-order valence-corrected chi connectivity index (χ3v) is 2.74. The first-order valence-corrected chi connectivity index (χ1v) is 5.98. The largest absolute Gasteiger partial charge is 0.409 e. The molecule has 0 saturated carbocycles. The van der Waals surface area contributed by atoms with E-state index in [-0.39, 0.29) is 11.9 Å². The van der Waals surface area contributed by atoms with Gasteiger partial charge in [-0.15, -0.1) is 0 Å². The zero-order valence-electron chi connectivity index (χ0n) is 10.9. The Labute approximate surface area is 108 Å². The Kier molecular flexibility index (Phi) is 6.18. The monoisotopic (exact) mass is 251 g/mol. The van der Waals surface area contributed by atoms with E-state index in [1.54, 1.807) is 7.11 Å². The van der Waals surface area contributed by atoms with Crippen molar-refractivity contribution >= 4 is 5.84 Å². The Morgan fingerprint density at radius 1 is 1.50 bits per heavy atom. The molecule has 5 heteroatoms. The van der Waals surface area contributed by atoms with Crippen molar-refractivity contribution in [2.24, 2.45) is 10.9 Å². The molecule has 5 nitrogen and oxygen atoms in total. The molecule has 0 amide bonds. The predicted molar refractivity (Wildman–Crippen MR) is 71.5 cm³/mol. The summed E-state index contributed by atoms with van der Waals surface area (Å²) in [7, 11) is 1.68. The van der Waals surface area contributed by atoms with E-state index in [0.717, 1.165) is 17.5 Å². The molecule has 0 saturated heterocycles. The van der Waals surface area contributed by atoms with Crippen molar-refractivity contribution in [3.63, 3.8) is 0 Å². The van der Waals surface area contributed by atoms with Crippen LogP contribution in [0.5, 0.6) is 0 Å². The minimum atomic E-state index is -0.110. The molecule has 1 aromatic rings. The second-order valence-corrected chi connectivity index (χ2v) is 4.12. The van der Waals surface area contributed by atoms with Crippen molar-refractivity contribution < 1.29 is 9.94 Å². The molecule has 1 unspecified atom stereocenters. The van der Waals surface area contributed by atoms with Gasteiger partial charge in [0.25, 0.3) is 0 Å². The van der Waals surface area contributed by atoms with Crippen molar-refractivity contribution in [3.05, 3.63) is 35.4 Å². The van der Waals surface area contributed by atoms with Gasteiger partial charge in [-0.1, -0.05) is 36.3 Å². The fourth-order valence-corrected chi connectivity index (χ4v) is 1.76. The van der Waals surface area contributed by atoms with Crippen LogP contribution in [0.3, 0.4) is 0 Å². The minimum absolute atomic E-state index is 0.110. The van der Waals surface area contributed by atoms with E-state index in [0.29, 0.717) is 13.2 Å². The van der Waals surface area contributed by atoms with Crippen LogP contribution in [-0.4, -0.2) is 24.2 Å². The molecule has 0 heterocycles. The van der Waals surface area contributed by atoms with E-state index in [2.05, 4.69) is 16.5 Å². The quantitative estimate of drug-likeness (QED) is 0.296. The van der Waals surface area contributed by atoms with Gasteiger partial charge in [0.2, 0.25) is 0 Å². The van der Waals surface area contributed by atoms with Crippen LogP contribution >= 0.6 is 0 Å². The Morgan fingerprint density at radius 3 is 2.83 bits per heavy atom. The molecule has 0 fully saturated rings. The number of hydrogen-bond donors (Lipinski definition) is 3. The molecule has 0 bridgehead atoms. The van der Waals surface area contributed by atoms with Crippen LogP contribution in [0, 0.1) is 0 Å². The van der Waals surface area contributed by atoms with Crippen molar-refractivity contribution in [2.75, 3.05) is 7.11 Å². The van der Waals surface area contributed by atoms with Gasteiger partial charge in [0.1, 0.15) is 0 Å². The van der Waals surface area contributed by atoms with Crippen molar-refractivity contribution in [2.45, 2.75) is 32.5 Å². The summed E-state index contributed by atoms with van der Waals surface area (Å²) >= 11 is 0. The van der Waals surface area contributed by atoms with E-state index in [1.165, 1.54) is 0 Å². The summed E-state index contributed by atoms with van der Waals surface area (Å²) in [6.07, 6.45) is 0.771. The molecule has 4 N–H and O–H groups in total. The average molecular weight is 251 g/mol. The molecule has 18 heavy (non-hydrogen) atoms. The van der Waals surface area contributed by atoms with Crippen molar-refractivity contribution in [1.82, 2.24) is 5.32 Å². The van der Waals surface area contributed by atoms with Gasteiger partial charge >= 0.3 is 0 Å². The summed E-state index contributed by atoms with van der Waals surface area (Å²) in [5.41, 5.74) is 7.87. The number of nitrogens with two attached hydrogens (primary N) is 1. The van der Waals surface area contributed by atoms with Crippen LogP contribution in [0.1, 0.15) is 24.5 Å². The smallest absolute Gasteiger partial charge is 0.156 e. The molecule has 0 radical (unpaired) electrons. The van der Waals surface area contributed by atoms with Crippen LogP contribution in [0.25, 0.3) is 0 Å². The summed E-state index contributed by atoms with van der Waals surface area (Å²) in [6.45, 7) is 3.26. The second-order valence-electron chi connectivity index (χ2n) is 4.12. The highest BCUT2D eigenvalue weighted by Gasteiger charge is 2.10. The van der Waals surface area contributed by atoms with Gasteiger partial charge in [-0.05, 0) is 17.5 Å². The Bertz CT molecular complexity index is 394. The van der Waals surface area contributed by atoms with Crippen molar-refractivity contribution in [1.29, 1.82) is 0 Å². The molecule has 0 aromatic heterocycles. The fourth-order valence-electron chi connectivity index (χ4n) is 1.76. The maximum atomic E-state index is 8.65. The second kappa shape index (κ2) is 7.68. The Hall–Kier alpha value is -1.59. The molecule has 0 aliphatic heterocycles. The van der Waals surface area contributed by atoms with Gasteiger partial charge < -0.3 is 21.0 Å². The van der Waals surface area contributed by atoms with Crippen LogP contribution in [0.4, 0.5) is 0 Å². The zero-order chi connectivity index (χ0) is 13.4. The minimum Gasteiger partial charge on any atom is -0.409 e. The number of methoxy groups -OCH3 is 1. The highest BCUT2D eigenvalue weighted by Crippen LogP contribution is 2.07. The number of ether oxygens (including phenoxy) is 1. The normalized spacial score (nSPS) is 13.6. The highest BCUT2D eigenvalue weighted by molar-refractivity contribution is 5.85. The SMILES string of the molecule is CCC(NCc1cccc(COC)c1)C(N)=NO. The molecule has 100 valence electrons. The van der Waals surface area contributed by atoms with Gasteiger partial charge in [0.15, 0.2) is 5.84 Å². The number of hydrogen-bond acceptors (Lipinski definition) is 4. The first-order chi connectivity index (χ1) is 8.71. The molecular weight excluding hydrogens is 230 g/mol. The number of amidine groups is 1. The van der Waals surface area contributed by atoms with E-state index in [9.17, 15) is 0 Å². The number of oxime groups is 1. The summed E-state index contributed by atoms with van der Waals surface area (Å²) in [5.74, 6) is 0.213. The third-order valence-electron chi connectivity index (χ3n) is 2.74. The summed E-state index contributed by atoms with van der Waals surface area (Å²) in [4.78, 5) is 0. The molecule has 1 atom stereocenters.